The maximum Gasteiger partial charge on any atom is 0.335 e. The average Bonchev–Trinajstić information content (AvgIpc) is 3.03. The van der Waals surface area contributed by atoms with E-state index in [1.807, 2.05) is 49.4 Å². The number of hydrogen-bond donors (Lipinski definition) is 2. The summed E-state index contributed by atoms with van der Waals surface area (Å²) in [6, 6.07) is 18.8. The number of carboxylic acid groups (broad SMARTS) is 1. The van der Waals surface area contributed by atoms with Crippen molar-refractivity contribution in [1.29, 1.82) is 0 Å². The quantitative estimate of drug-likeness (QED) is 0.725. The molecule has 1 heterocycles. The smallest absolute Gasteiger partial charge is 0.335 e. The molecule has 0 aliphatic carbocycles. The van der Waals surface area contributed by atoms with Gasteiger partial charge in [-0.15, -0.1) is 0 Å². The molecular formula is C19H17NO3. The molecule has 0 saturated carbocycles. The third-order valence-corrected chi connectivity index (χ3v) is 3.66. The van der Waals surface area contributed by atoms with Crippen molar-refractivity contribution in [3.63, 3.8) is 0 Å². The van der Waals surface area contributed by atoms with Crippen LogP contribution in [0.2, 0.25) is 0 Å². The minimum absolute atomic E-state index is 0.266. The van der Waals surface area contributed by atoms with E-state index in [0.29, 0.717) is 6.54 Å². The number of aromatic carboxylic acids is 1. The molecule has 3 aromatic rings. The Morgan fingerprint density at radius 2 is 1.87 bits per heavy atom. The van der Waals surface area contributed by atoms with Gasteiger partial charge in [0.2, 0.25) is 0 Å². The van der Waals surface area contributed by atoms with Gasteiger partial charge >= 0.3 is 5.97 Å². The number of hydrogen-bond acceptors (Lipinski definition) is 3. The van der Waals surface area contributed by atoms with Crippen molar-refractivity contribution in [3.8, 4) is 11.3 Å². The van der Waals surface area contributed by atoms with E-state index in [4.69, 9.17) is 9.52 Å². The average molecular weight is 307 g/mol. The molecule has 0 aliphatic rings. The standard InChI is InChI=1S/C19H17NO3/c1-13-7-8-15(19(21)22)11-17(13)20-12-16-9-10-18(23-16)14-5-3-2-4-6-14/h2-11,20H,12H2,1H3,(H,21,22). The predicted molar refractivity (Wildman–Crippen MR) is 89.6 cm³/mol. The number of benzene rings is 2. The Balaban J connectivity index is 1.73. The Hall–Kier alpha value is -3.01. The highest BCUT2D eigenvalue weighted by molar-refractivity contribution is 5.89. The summed E-state index contributed by atoms with van der Waals surface area (Å²) in [6.45, 7) is 2.43. The molecule has 0 spiro atoms. The van der Waals surface area contributed by atoms with E-state index in [1.54, 1.807) is 18.2 Å². The molecule has 4 heteroatoms. The van der Waals surface area contributed by atoms with Crippen LogP contribution >= 0.6 is 0 Å². The van der Waals surface area contributed by atoms with Crippen LogP contribution in [-0.2, 0) is 6.54 Å². The van der Waals surface area contributed by atoms with Gasteiger partial charge in [-0.25, -0.2) is 4.79 Å². The van der Waals surface area contributed by atoms with Crippen molar-refractivity contribution < 1.29 is 14.3 Å². The molecule has 23 heavy (non-hydrogen) atoms. The van der Waals surface area contributed by atoms with Crippen molar-refractivity contribution in [1.82, 2.24) is 0 Å². The van der Waals surface area contributed by atoms with Crippen molar-refractivity contribution in [3.05, 3.63) is 77.6 Å². The number of rotatable bonds is 5. The number of aryl methyl sites for hydroxylation is 1. The summed E-state index contributed by atoms with van der Waals surface area (Å²) >= 11 is 0. The second-order valence-electron chi connectivity index (χ2n) is 5.32. The summed E-state index contributed by atoms with van der Waals surface area (Å²) < 4.78 is 5.83. The van der Waals surface area contributed by atoms with Gasteiger partial charge in [0.25, 0.3) is 0 Å². The van der Waals surface area contributed by atoms with E-state index in [2.05, 4.69) is 5.32 Å². The molecule has 0 aliphatic heterocycles. The zero-order valence-electron chi connectivity index (χ0n) is 12.7. The summed E-state index contributed by atoms with van der Waals surface area (Å²) in [7, 11) is 0. The van der Waals surface area contributed by atoms with E-state index in [0.717, 1.165) is 28.3 Å². The topological polar surface area (TPSA) is 62.5 Å². The molecule has 2 aromatic carbocycles. The lowest BCUT2D eigenvalue weighted by molar-refractivity contribution is 0.0697. The van der Waals surface area contributed by atoms with Gasteiger partial charge in [-0.05, 0) is 36.8 Å². The Morgan fingerprint density at radius 3 is 2.61 bits per heavy atom. The van der Waals surface area contributed by atoms with Gasteiger partial charge < -0.3 is 14.8 Å². The highest BCUT2D eigenvalue weighted by atomic mass is 16.4. The molecule has 2 N–H and O–H groups in total. The van der Waals surface area contributed by atoms with Crippen LogP contribution in [0.1, 0.15) is 21.7 Å². The first kappa shape index (κ1) is 14.9. The Bertz CT molecular complexity index is 822. The van der Waals surface area contributed by atoms with Crippen LogP contribution in [0, 0.1) is 6.92 Å². The number of carbonyl (C=O) groups is 1. The summed E-state index contributed by atoms with van der Waals surface area (Å²) in [6.07, 6.45) is 0. The molecule has 116 valence electrons. The van der Waals surface area contributed by atoms with Gasteiger partial charge in [0.05, 0.1) is 12.1 Å². The largest absolute Gasteiger partial charge is 0.478 e. The highest BCUT2D eigenvalue weighted by Gasteiger charge is 2.08. The first-order valence-corrected chi connectivity index (χ1v) is 7.35. The van der Waals surface area contributed by atoms with E-state index < -0.39 is 5.97 Å². The monoisotopic (exact) mass is 307 g/mol. The van der Waals surface area contributed by atoms with Gasteiger partial charge in [-0.2, -0.15) is 0 Å². The first-order chi connectivity index (χ1) is 11.1. The Morgan fingerprint density at radius 1 is 1.09 bits per heavy atom. The van der Waals surface area contributed by atoms with Gasteiger partial charge in [0.1, 0.15) is 11.5 Å². The molecule has 0 bridgehead atoms. The molecule has 0 amide bonds. The summed E-state index contributed by atoms with van der Waals surface area (Å²) in [5.74, 6) is 0.680. The molecule has 1 aromatic heterocycles. The van der Waals surface area contributed by atoms with Crippen LogP contribution in [-0.4, -0.2) is 11.1 Å². The van der Waals surface area contributed by atoms with Crippen LogP contribution in [0.25, 0.3) is 11.3 Å². The highest BCUT2D eigenvalue weighted by Crippen LogP contribution is 2.23. The van der Waals surface area contributed by atoms with E-state index >= 15 is 0 Å². The lowest BCUT2D eigenvalue weighted by atomic mass is 10.1. The normalized spacial score (nSPS) is 10.5. The first-order valence-electron chi connectivity index (χ1n) is 7.35. The second-order valence-corrected chi connectivity index (χ2v) is 5.32. The van der Waals surface area contributed by atoms with Crippen molar-refractivity contribution in [2.24, 2.45) is 0 Å². The number of furan rings is 1. The van der Waals surface area contributed by atoms with Gasteiger partial charge in [0, 0.05) is 11.3 Å². The molecule has 0 unspecified atom stereocenters. The fourth-order valence-corrected chi connectivity index (χ4v) is 2.36. The third-order valence-electron chi connectivity index (χ3n) is 3.66. The van der Waals surface area contributed by atoms with Crippen molar-refractivity contribution >= 4 is 11.7 Å². The molecule has 0 fully saturated rings. The molecule has 3 rings (SSSR count). The fraction of sp³-hybridized carbons (Fsp3) is 0.105. The SMILES string of the molecule is Cc1ccc(C(=O)O)cc1NCc1ccc(-c2ccccc2)o1. The van der Waals surface area contributed by atoms with Crippen LogP contribution in [0.15, 0.2) is 65.1 Å². The minimum Gasteiger partial charge on any atom is -0.478 e. The predicted octanol–water partition coefficient (Wildman–Crippen LogP) is 4.57. The van der Waals surface area contributed by atoms with Gasteiger partial charge in [-0.1, -0.05) is 36.4 Å². The Labute approximate surface area is 134 Å². The van der Waals surface area contributed by atoms with Crippen LogP contribution in [0.3, 0.4) is 0 Å². The van der Waals surface area contributed by atoms with Crippen molar-refractivity contribution in [2.45, 2.75) is 13.5 Å². The zero-order chi connectivity index (χ0) is 16.2. The fourth-order valence-electron chi connectivity index (χ4n) is 2.36. The van der Waals surface area contributed by atoms with Crippen LogP contribution < -0.4 is 5.32 Å². The van der Waals surface area contributed by atoms with Gasteiger partial charge in [0.15, 0.2) is 0 Å². The maximum absolute atomic E-state index is 11.1. The molecular weight excluding hydrogens is 290 g/mol. The maximum atomic E-state index is 11.1. The number of carboxylic acids is 1. The second kappa shape index (κ2) is 6.40. The molecule has 4 nitrogen and oxygen atoms in total. The minimum atomic E-state index is -0.933. The van der Waals surface area contributed by atoms with E-state index in [-0.39, 0.29) is 5.56 Å². The van der Waals surface area contributed by atoms with E-state index in [9.17, 15) is 4.79 Å². The molecule has 0 saturated heterocycles. The van der Waals surface area contributed by atoms with E-state index in [1.165, 1.54) is 0 Å². The van der Waals surface area contributed by atoms with Crippen LogP contribution in [0.4, 0.5) is 5.69 Å². The number of anilines is 1. The number of nitrogens with one attached hydrogen (secondary N) is 1. The summed E-state index contributed by atoms with van der Waals surface area (Å²) in [4.78, 5) is 11.1. The molecule has 0 radical (unpaired) electrons. The van der Waals surface area contributed by atoms with Gasteiger partial charge in [-0.3, -0.25) is 0 Å². The van der Waals surface area contributed by atoms with Crippen molar-refractivity contribution in [2.75, 3.05) is 5.32 Å². The zero-order valence-corrected chi connectivity index (χ0v) is 12.7. The third kappa shape index (κ3) is 3.43. The Kier molecular flexibility index (Phi) is 4.15. The lowest BCUT2D eigenvalue weighted by Gasteiger charge is -2.09. The summed E-state index contributed by atoms with van der Waals surface area (Å²) in [5, 5.41) is 12.3. The van der Waals surface area contributed by atoms with Crippen LogP contribution in [0.5, 0.6) is 0 Å². The molecule has 0 atom stereocenters. The summed E-state index contributed by atoms with van der Waals surface area (Å²) in [5.41, 5.74) is 3.08. The lowest BCUT2D eigenvalue weighted by Crippen LogP contribution is -2.03.